The lowest BCUT2D eigenvalue weighted by Gasteiger charge is -2.50. The van der Waals surface area contributed by atoms with Gasteiger partial charge in [0.2, 0.25) is 5.91 Å². The third-order valence-electron chi connectivity index (χ3n) is 9.00. The van der Waals surface area contributed by atoms with Crippen LogP contribution in [0.3, 0.4) is 0 Å². The predicted molar refractivity (Wildman–Crippen MR) is 158 cm³/mol. The van der Waals surface area contributed by atoms with Crippen molar-refractivity contribution in [1.82, 2.24) is 14.8 Å². The molecule has 6 nitrogen and oxygen atoms in total. The second kappa shape index (κ2) is 9.98. The normalized spacial score (nSPS) is 23.4. The molecule has 2 heterocycles. The van der Waals surface area contributed by atoms with Crippen molar-refractivity contribution in [3.63, 3.8) is 0 Å². The molecule has 1 aliphatic heterocycles. The van der Waals surface area contributed by atoms with Crippen LogP contribution >= 0.6 is 11.3 Å². The fourth-order valence-electron chi connectivity index (χ4n) is 6.97. The zero-order valence-electron chi connectivity index (χ0n) is 22.5. The minimum absolute atomic E-state index is 0.0156. The summed E-state index contributed by atoms with van der Waals surface area (Å²) in [4.78, 5) is 36.0. The lowest BCUT2D eigenvalue weighted by Crippen LogP contribution is -2.48. The summed E-state index contributed by atoms with van der Waals surface area (Å²) in [6.45, 7) is 5.98. The first-order valence-electron chi connectivity index (χ1n) is 14.0. The first kappa shape index (κ1) is 25.2. The highest BCUT2D eigenvalue weighted by Gasteiger charge is 2.54. The van der Waals surface area contributed by atoms with Gasteiger partial charge in [-0.2, -0.15) is 0 Å². The summed E-state index contributed by atoms with van der Waals surface area (Å²) >= 11 is 1.33. The number of hydrogen-bond donors (Lipinski definition) is 1. The highest BCUT2D eigenvalue weighted by molar-refractivity contribution is 7.14. The van der Waals surface area contributed by atoms with E-state index in [2.05, 4.69) is 94.9 Å². The van der Waals surface area contributed by atoms with Crippen LogP contribution in [0.25, 0.3) is 0 Å². The van der Waals surface area contributed by atoms with E-state index in [4.69, 9.17) is 0 Å². The Bertz CT molecular complexity index is 1530. The molecule has 3 aliphatic carbocycles. The Labute approximate surface area is 238 Å². The van der Waals surface area contributed by atoms with Crippen LogP contribution in [-0.2, 0) is 11.3 Å². The number of benzene rings is 3. The number of fused-ring (bicyclic) bond motifs is 1. The van der Waals surface area contributed by atoms with Crippen LogP contribution in [-0.4, -0.2) is 52.8 Å². The van der Waals surface area contributed by atoms with Crippen molar-refractivity contribution in [2.45, 2.75) is 31.7 Å². The van der Waals surface area contributed by atoms with E-state index >= 15 is 0 Å². The van der Waals surface area contributed by atoms with E-state index in [1.165, 1.54) is 39.2 Å². The quantitative estimate of drug-likeness (QED) is 0.346. The van der Waals surface area contributed by atoms with E-state index in [1.807, 2.05) is 11.0 Å². The topological polar surface area (TPSA) is 65.5 Å². The second-order valence-corrected chi connectivity index (χ2v) is 12.3. The number of piperazine rings is 1. The molecular weight excluding hydrogens is 516 g/mol. The lowest BCUT2D eigenvalue weighted by molar-refractivity contribution is -0.126. The Morgan fingerprint density at radius 1 is 0.875 bits per heavy atom. The Morgan fingerprint density at radius 2 is 1.48 bits per heavy atom. The number of carbonyl (C=O) groups excluding carboxylic acids is 2. The van der Waals surface area contributed by atoms with Gasteiger partial charge in [-0.15, -0.1) is 11.3 Å². The molecule has 4 aliphatic rings. The maximum Gasteiger partial charge on any atom is 0.273 e. The van der Waals surface area contributed by atoms with Crippen LogP contribution in [0.2, 0.25) is 0 Å². The molecule has 1 atom stereocenters. The number of carbonyl (C=O) groups is 2. The minimum Gasteiger partial charge on any atom is -0.335 e. The van der Waals surface area contributed by atoms with Crippen LogP contribution in [0.1, 0.15) is 63.5 Å². The molecule has 7 heteroatoms. The highest BCUT2D eigenvalue weighted by Crippen LogP contribution is 2.61. The molecule has 8 rings (SSSR count). The minimum atomic E-state index is -0.613. The molecule has 1 N–H and O–H groups in total. The van der Waals surface area contributed by atoms with Crippen LogP contribution in [0.4, 0.5) is 5.13 Å². The van der Waals surface area contributed by atoms with E-state index in [0.717, 1.165) is 26.1 Å². The van der Waals surface area contributed by atoms with Crippen LogP contribution in [0, 0.1) is 5.41 Å². The predicted octanol–water partition coefficient (Wildman–Crippen LogP) is 5.73. The van der Waals surface area contributed by atoms with Crippen LogP contribution in [0.5, 0.6) is 0 Å². The standard InChI is InChI=1S/C33H32N4O2S/c1-33(19-27-23-11-5-7-13-25(23)29(33)26-14-8-6-12-24(26)27)31(39)35-32-34-28(21-40-32)30(38)37-17-15-36(16-18-37)20-22-9-3-2-4-10-22/h2-14,21,27,29H,15-20H2,1H3,(H,34,35,39). The number of nitrogens with zero attached hydrogens (tertiary/aromatic N) is 3. The summed E-state index contributed by atoms with van der Waals surface area (Å²) in [6, 6.07) is 27.5. The number of hydrogen-bond acceptors (Lipinski definition) is 5. The first-order valence-corrected chi connectivity index (χ1v) is 14.9. The monoisotopic (exact) mass is 548 g/mol. The molecule has 1 saturated heterocycles. The SMILES string of the molecule is CC1(C(=O)Nc2nc(C(=O)N3CCN(Cc4ccccc4)CC3)cs2)CC2c3ccccc3C1c1ccccc12. The smallest absolute Gasteiger partial charge is 0.273 e. The number of aromatic nitrogens is 1. The molecule has 0 saturated carbocycles. The summed E-state index contributed by atoms with van der Waals surface area (Å²) < 4.78 is 0. The second-order valence-electron chi connectivity index (χ2n) is 11.4. The van der Waals surface area contributed by atoms with Crippen molar-refractivity contribution >= 4 is 28.3 Å². The van der Waals surface area contributed by atoms with Gasteiger partial charge in [0.25, 0.3) is 5.91 Å². The van der Waals surface area contributed by atoms with Crippen molar-refractivity contribution in [2.24, 2.45) is 5.41 Å². The summed E-state index contributed by atoms with van der Waals surface area (Å²) in [6.07, 6.45) is 0.752. The van der Waals surface area contributed by atoms with Gasteiger partial charge in [-0.25, -0.2) is 4.98 Å². The molecule has 2 bridgehead atoms. The molecule has 2 amide bonds. The molecule has 1 fully saturated rings. The van der Waals surface area contributed by atoms with Crippen LogP contribution in [0.15, 0.2) is 84.2 Å². The zero-order chi connectivity index (χ0) is 27.3. The average molecular weight is 549 g/mol. The highest BCUT2D eigenvalue weighted by atomic mass is 32.1. The molecular formula is C33H32N4O2S. The molecule has 4 aromatic rings. The van der Waals surface area contributed by atoms with Crippen molar-refractivity contribution < 1.29 is 9.59 Å². The third kappa shape index (κ3) is 4.25. The lowest BCUT2D eigenvalue weighted by atomic mass is 9.52. The molecule has 40 heavy (non-hydrogen) atoms. The van der Waals surface area contributed by atoms with Crippen molar-refractivity contribution in [2.75, 3.05) is 31.5 Å². The van der Waals surface area contributed by atoms with E-state index in [9.17, 15) is 9.59 Å². The zero-order valence-corrected chi connectivity index (χ0v) is 23.4. The van der Waals surface area contributed by atoms with Gasteiger partial charge in [-0.1, -0.05) is 78.9 Å². The molecule has 0 radical (unpaired) electrons. The van der Waals surface area contributed by atoms with E-state index in [1.54, 1.807) is 5.38 Å². The van der Waals surface area contributed by atoms with Gasteiger partial charge < -0.3 is 10.2 Å². The number of anilines is 1. The van der Waals surface area contributed by atoms with Crippen molar-refractivity contribution in [1.29, 1.82) is 0 Å². The van der Waals surface area contributed by atoms with Gasteiger partial charge >= 0.3 is 0 Å². The van der Waals surface area contributed by atoms with Gasteiger partial charge in [-0.05, 0) is 41.2 Å². The number of amides is 2. The molecule has 1 aromatic heterocycles. The van der Waals surface area contributed by atoms with Gasteiger partial charge in [-0.3, -0.25) is 14.5 Å². The van der Waals surface area contributed by atoms with Gasteiger partial charge in [0.05, 0.1) is 5.41 Å². The summed E-state index contributed by atoms with van der Waals surface area (Å²) in [5.74, 6) is 0.0802. The fourth-order valence-corrected chi connectivity index (χ4v) is 7.65. The summed E-state index contributed by atoms with van der Waals surface area (Å²) in [5.41, 5.74) is 6.24. The van der Waals surface area contributed by atoms with Gasteiger partial charge in [0.1, 0.15) is 5.69 Å². The van der Waals surface area contributed by atoms with Crippen molar-refractivity contribution in [3.05, 3.63) is 118 Å². The van der Waals surface area contributed by atoms with Crippen LogP contribution < -0.4 is 5.32 Å². The molecule has 0 spiro atoms. The molecule has 3 aromatic carbocycles. The summed E-state index contributed by atoms with van der Waals surface area (Å²) in [7, 11) is 0. The van der Waals surface area contributed by atoms with E-state index in [-0.39, 0.29) is 23.7 Å². The summed E-state index contributed by atoms with van der Waals surface area (Å²) in [5, 5.41) is 5.36. The third-order valence-corrected chi connectivity index (χ3v) is 9.76. The first-order chi connectivity index (χ1) is 19.5. The molecule has 1 unspecified atom stereocenters. The Balaban J connectivity index is 1.04. The Morgan fingerprint density at radius 3 is 2.12 bits per heavy atom. The largest absolute Gasteiger partial charge is 0.335 e. The van der Waals surface area contributed by atoms with Gasteiger partial charge in [0, 0.05) is 49.9 Å². The fraction of sp³-hybridized carbons (Fsp3) is 0.303. The Kier molecular flexibility index (Phi) is 6.28. The van der Waals surface area contributed by atoms with E-state index < -0.39 is 5.41 Å². The number of thiazole rings is 1. The van der Waals surface area contributed by atoms with Crippen molar-refractivity contribution in [3.8, 4) is 0 Å². The molecule has 202 valence electrons. The van der Waals surface area contributed by atoms with E-state index in [0.29, 0.717) is 23.9 Å². The average Bonchev–Trinajstić information content (AvgIpc) is 3.46. The van der Waals surface area contributed by atoms with Gasteiger partial charge in [0.15, 0.2) is 5.13 Å². The maximum atomic E-state index is 13.9. The Hall–Kier alpha value is -3.81. The maximum absolute atomic E-state index is 13.9. The number of nitrogens with one attached hydrogen (secondary N) is 1. The number of rotatable bonds is 5.